The average Bonchev–Trinajstić information content (AvgIpc) is 2.95. The molecule has 1 amide bonds. The third kappa shape index (κ3) is 4.68. The summed E-state index contributed by atoms with van der Waals surface area (Å²) in [4.78, 5) is 13.3. The Kier molecular flexibility index (Phi) is 6.19. The molecule has 0 spiro atoms. The Balaban J connectivity index is 2.13. The summed E-state index contributed by atoms with van der Waals surface area (Å²) in [5, 5.41) is 11.2. The normalized spacial score (nSPS) is 18.3. The third-order valence-electron chi connectivity index (χ3n) is 4.52. The standard InChI is InChI=1S/C20H27NO2S/c1-14(7-9-17-15(2)6-5-11-20(17,3)4)12-16-8-10-18(24-16)19(23)21-13-22/h7-10,12,22H,5-6,11,13H2,1-4H3,(H,21,23)/b9-7?,14-12+. The monoisotopic (exact) mass is 345 g/mol. The molecule has 0 unspecified atom stereocenters. The summed E-state index contributed by atoms with van der Waals surface area (Å²) in [5.41, 5.74) is 4.36. The smallest absolute Gasteiger partial charge is 0.263 e. The maximum Gasteiger partial charge on any atom is 0.263 e. The molecule has 1 aromatic rings. The van der Waals surface area contributed by atoms with Crippen molar-refractivity contribution in [1.29, 1.82) is 0 Å². The molecule has 0 saturated carbocycles. The number of amides is 1. The van der Waals surface area contributed by atoms with Crippen molar-refractivity contribution in [3.05, 3.63) is 50.8 Å². The molecule has 1 aliphatic carbocycles. The van der Waals surface area contributed by atoms with E-state index >= 15 is 0 Å². The van der Waals surface area contributed by atoms with Crippen molar-refractivity contribution in [2.75, 3.05) is 6.73 Å². The van der Waals surface area contributed by atoms with Crippen LogP contribution in [0.3, 0.4) is 0 Å². The van der Waals surface area contributed by atoms with Crippen LogP contribution in [0.4, 0.5) is 0 Å². The number of nitrogens with one attached hydrogen (secondary N) is 1. The molecule has 2 N–H and O–H groups in total. The Morgan fingerprint density at radius 1 is 1.42 bits per heavy atom. The fourth-order valence-electron chi connectivity index (χ4n) is 3.21. The van der Waals surface area contributed by atoms with Gasteiger partial charge in [-0.1, -0.05) is 31.6 Å². The number of thiophene rings is 1. The number of hydrogen-bond donors (Lipinski definition) is 2. The molecule has 4 heteroatoms. The minimum Gasteiger partial charge on any atom is -0.376 e. The molecular weight excluding hydrogens is 318 g/mol. The molecule has 1 heterocycles. The number of aliphatic hydroxyl groups excluding tert-OH is 1. The van der Waals surface area contributed by atoms with E-state index in [4.69, 9.17) is 5.11 Å². The van der Waals surface area contributed by atoms with E-state index in [-0.39, 0.29) is 18.1 Å². The highest BCUT2D eigenvalue weighted by molar-refractivity contribution is 7.14. The van der Waals surface area contributed by atoms with Gasteiger partial charge in [0.2, 0.25) is 0 Å². The number of hydrogen-bond acceptors (Lipinski definition) is 3. The number of rotatable bonds is 5. The van der Waals surface area contributed by atoms with Gasteiger partial charge in [-0.25, -0.2) is 0 Å². The summed E-state index contributed by atoms with van der Waals surface area (Å²) in [6.07, 6.45) is 10.2. The highest BCUT2D eigenvalue weighted by Gasteiger charge is 2.26. The molecule has 0 bridgehead atoms. The average molecular weight is 346 g/mol. The molecule has 0 atom stereocenters. The Bertz CT molecular complexity index is 692. The topological polar surface area (TPSA) is 49.3 Å². The lowest BCUT2D eigenvalue weighted by atomic mass is 9.72. The minimum absolute atomic E-state index is 0.236. The lowest BCUT2D eigenvalue weighted by Gasteiger charge is -2.32. The first kappa shape index (κ1) is 18.7. The molecule has 24 heavy (non-hydrogen) atoms. The fourth-order valence-corrected chi connectivity index (χ4v) is 4.14. The van der Waals surface area contributed by atoms with Crippen LogP contribution in [0.15, 0.2) is 41.0 Å². The fraction of sp³-hybridized carbons (Fsp3) is 0.450. The summed E-state index contributed by atoms with van der Waals surface area (Å²) in [6.45, 7) is 8.62. The largest absolute Gasteiger partial charge is 0.376 e. The Hall–Kier alpha value is -1.65. The number of carbonyl (C=O) groups is 1. The number of aliphatic hydroxyl groups is 1. The van der Waals surface area contributed by atoms with E-state index in [9.17, 15) is 4.79 Å². The van der Waals surface area contributed by atoms with Gasteiger partial charge in [0, 0.05) is 4.88 Å². The minimum atomic E-state index is -0.339. The van der Waals surface area contributed by atoms with E-state index in [1.807, 2.05) is 6.07 Å². The summed E-state index contributed by atoms with van der Waals surface area (Å²) in [5.74, 6) is -0.236. The predicted molar refractivity (Wildman–Crippen MR) is 102 cm³/mol. The summed E-state index contributed by atoms with van der Waals surface area (Å²) >= 11 is 1.43. The maximum atomic E-state index is 11.7. The van der Waals surface area contributed by atoms with Gasteiger partial charge in [-0.2, -0.15) is 0 Å². The van der Waals surface area contributed by atoms with E-state index in [0.717, 1.165) is 10.5 Å². The van der Waals surface area contributed by atoms with E-state index in [2.05, 4.69) is 51.2 Å². The lowest BCUT2D eigenvalue weighted by Crippen LogP contribution is -2.22. The second-order valence-corrected chi connectivity index (χ2v) is 8.13. The van der Waals surface area contributed by atoms with Crippen molar-refractivity contribution in [1.82, 2.24) is 5.32 Å². The lowest BCUT2D eigenvalue weighted by molar-refractivity contribution is 0.0914. The van der Waals surface area contributed by atoms with Crippen molar-refractivity contribution < 1.29 is 9.90 Å². The molecule has 1 aliphatic rings. The Morgan fingerprint density at radius 3 is 2.83 bits per heavy atom. The van der Waals surface area contributed by atoms with Crippen LogP contribution in [0.25, 0.3) is 6.08 Å². The van der Waals surface area contributed by atoms with Gasteiger partial charge in [0.15, 0.2) is 0 Å². The second-order valence-electron chi connectivity index (χ2n) is 7.02. The van der Waals surface area contributed by atoms with Crippen LogP contribution < -0.4 is 5.32 Å². The quantitative estimate of drug-likeness (QED) is 0.588. The maximum absolute atomic E-state index is 11.7. The zero-order chi connectivity index (χ0) is 17.7. The molecule has 130 valence electrons. The van der Waals surface area contributed by atoms with Crippen LogP contribution in [-0.4, -0.2) is 17.7 Å². The summed E-state index contributed by atoms with van der Waals surface area (Å²) < 4.78 is 0. The second kappa shape index (κ2) is 7.95. The Morgan fingerprint density at radius 2 is 2.17 bits per heavy atom. The van der Waals surface area contributed by atoms with E-state index in [1.165, 1.54) is 41.7 Å². The van der Waals surface area contributed by atoms with Crippen LogP contribution in [0, 0.1) is 5.41 Å². The van der Waals surface area contributed by atoms with E-state index < -0.39 is 0 Å². The van der Waals surface area contributed by atoms with Gasteiger partial charge in [0.05, 0.1) is 4.88 Å². The molecule has 0 aliphatic heterocycles. The number of carbonyl (C=O) groups excluding carboxylic acids is 1. The van der Waals surface area contributed by atoms with Gasteiger partial charge in [0.1, 0.15) is 6.73 Å². The molecule has 2 rings (SSSR count). The first-order valence-electron chi connectivity index (χ1n) is 8.39. The van der Waals surface area contributed by atoms with Crippen molar-refractivity contribution in [2.45, 2.75) is 47.0 Å². The Labute approximate surface area is 148 Å². The van der Waals surface area contributed by atoms with Gasteiger partial charge in [-0.15, -0.1) is 11.3 Å². The third-order valence-corrected chi connectivity index (χ3v) is 5.55. The molecule has 0 aromatic carbocycles. The van der Waals surface area contributed by atoms with Gasteiger partial charge in [-0.05, 0) is 67.9 Å². The first-order chi connectivity index (χ1) is 11.3. The van der Waals surface area contributed by atoms with Crippen molar-refractivity contribution in [2.24, 2.45) is 5.41 Å². The van der Waals surface area contributed by atoms with Gasteiger partial charge in [-0.3, -0.25) is 4.79 Å². The van der Waals surface area contributed by atoms with Crippen LogP contribution in [0.5, 0.6) is 0 Å². The van der Waals surface area contributed by atoms with Crippen molar-refractivity contribution >= 4 is 23.3 Å². The molecule has 0 fully saturated rings. The number of allylic oxidation sites excluding steroid dienone is 5. The van der Waals surface area contributed by atoms with Crippen LogP contribution in [-0.2, 0) is 0 Å². The summed E-state index contributed by atoms with van der Waals surface area (Å²) in [7, 11) is 0. The highest BCUT2D eigenvalue weighted by atomic mass is 32.1. The predicted octanol–water partition coefficient (Wildman–Crippen LogP) is 4.91. The molecule has 1 aromatic heterocycles. The molecule has 0 radical (unpaired) electrons. The van der Waals surface area contributed by atoms with Gasteiger partial charge < -0.3 is 10.4 Å². The molecule has 0 saturated heterocycles. The van der Waals surface area contributed by atoms with Gasteiger partial charge >= 0.3 is 0 Å². The zero-order valence-electron chi connectivity index (χ0n) is 15.0. The summed E-state index contributed by atoms with van der Waals surface area (Å²) in [6, 6.07) is 3.72. The van der Waals surface area contributed by atoms with Crippen LogP contribution in [0.2, 0.25) is 0 Å². The molecule has 3 nitrogen and oxygen atoms in total. The van der Waals surface area contributed by atoms with Crippen LogP contribution >= 0.6 is 11.3 Å². The van der Waals surface area contributed by atoms with Crippen molar-refractivity contribution in [3.8, 4) is 0 Å². The van der Waals surface area contributed by atoms with Crippen molar-refractivity contribution in [3.63, 3.8) is 0 Å². The SMILES string of the molecule is CC1=C(C=C/C(C)=C/c2ccc(C(=O)NCO)s2)C(C)(C)CCC1. The van der Waals surface area contributed by atoms with E-state index in [1.54, 1.807) is 6.07 Å². The van der Waals surface area contributed by atoms with Crippen LogP contribution in [0.1, 0.15) is 61.5 Å². The van der Waals surface area contributed by atoms with Gasteiger partial charge in [0.25, 0.3) is 5.91 Å². The highest BCUT2D eigenvalue weighted by Crippen LogP contribution is 2.40. The zero-order valence-corrected chi connectivity index (χ0v) is 15.8. The van der Waals surface area contributed by atoms with E-state index in [0.29, 0.717) is 4.88 Å². The molecular formula is C20H27NO2S. The first-order valence-corrected chi connectivity index (χ1v) is 9.20.